The fourth-order valence-corrected chi connectivity index (χ4v) is 2.47. The molecule has 1 atom stereocenters. The molecule has 0 aromatic heterocycles. The third-order valence-electron chi connectivity index (χ3n) is 3.04. The Balaban J connectivity index is 0.000000505. The van der Waals surface area contributed by atoms with Crippen LogP contribution in [0.2, 0.25) is 0 Å². The zero-order valence-electron chi connectivity index (χ0n) is 13.3. The predicted octanol–water partition coefficient (Wildman–Crippen LogP) is 0.721. The second-order valence-electron chi connectivity index (χ2n) is 5.26. The van der Waals surface area contributed by atoms with E-state index in [1.807, 2.05) is 0 Å². The summed E-state index contributed by atoms with van der Waals surface area (Å²) < 4.78 is 48.5. The Kier molecular flexibility index (Phi) is 6.04. The van der Waals surface area contributed by atoms with Crippen LogP contribution in [0, 0.1) is 11.3 Å². The number of carbonyl (C=O) groups excluding carboxylic acids is 1. The topological polar surface area (TPSA) is 141 Å². The van der Waals surface area contributed by atoms with Gasteiger partial charge in [0.25, 0.3) is 16.0 Å². The summed E-state index contributed by atoms with van der Waals surface area (Å²) in [6.07, 6.45) is 3.54. The van der Waals surface area contributed by atoms with Gasteiger partial charge in [-0.25, -0.2) is 8.42 Å². The predicted molar refractivity (Wildman–Crippen MR) is 90.0 cm³/mol. The second kappa shape index (κ2) is 7.24. The molecule has 8 nitrogen and oxygen atoms in total. The van der Waals surface area contributed by atoms with Crippen molar-refractivity contribution in [1.29, 1.82) is 5.41 Å². The fraction of sp³-hybridized carbons (Fsp3) is 0.286. The maximum absolute atomic E-state index is 11.6. The van der Waals surface area contributed by atoms with Crippen LogP contribution in [0.1, 0.15) is 12.5 Å². The number of hydrogen-bond donors (Lipinski definition) is 3. The van der Waals surface area contributed by atoms with Gasteiger partial charge < -0.3 is 5.32 Å². The highest BCUT2D eigenvalue weighted by Crippen LogP contribution is 2.21. The van der Waals surface area contributed by atoms with Crippen molar-refractivity contribution in [2.75, 3.05) is 12.5 Å². The molecule has 24 heavy (non-hydrogen) atoms. The molecule has 1 fully saturated rings. The van der Waals surface area contributed by atoms with Gasteiger partial charge >= 0.3 is 0 Å². The summed E-state index contributed by atoms with van der Waals surface area (Å²) in [7, 11) is -6.88. The minimum Gasteiger partial charge on any atom is -0.310 e. The Bertz CT molecular complexity index is 876. The molecule has 3 N–H and O–H groups in total. The first-order valence-electron chi connectivity index (χ1n) is 6.63. The van der Waals surface area contributed by atoms with E-state index in [2.05, 4.69) is 5.32 Å². The van der Waals surface area contributed by atoms with Crippen LogP contribution in [0.5, 0.6) is 0 Å². The Morgan fingerprint density at radius 2 is 1.58 bits per heavy atom. The molecule has 1 heterocycles. The Labute approximate surface area is 140 Å². The molecule has 0 spiro atoms. The van der Waals surface area contributed by atoms with E-state index < -0.39 is 20.0 Å². The first-order valence-corrected chi connectivity index (χ1v) is 10.4. The van der Waals surface area contributed by atoms with Crippen LogP contribution in [-0.4, -0.2) is 45.6 Å². The monoisotopic (exact) mass is 374 g/mol. The molecular weight excluding hydrogens is 356 g/mol. The van der Waals surface area contributed by atoms with Crippen molar-refractivity contribution < 1.29 is 26.2 Å². The molecule has 0 bridgehead atoms. The van der Waals surface area contributed by atoms with Crippen molar-refractivity contribution in [2.45, 2.75) is 11.8 Å². The van der Waals surface area contributed by atoms with E-state index in [1.165, 1.54) is 12.1 Å². The smallest absolute Gasteiger partial charge is 0.261 e. The molecule has 1 unspecified atom stereocenters. The molecule has 1 aromatic rings. The van der Waals surface area contributed by atoms with Crippen LogP contribution in [-0.2, 0) is 24.7 Å². The molecule has 132 valence electrons. The molecule has 0 aliphatic carbocycles. The van der Waals surface area contributed by atoms with Crippen LogP contribution in [0.25, 0.3) is 6.08 Å². The summed E-state index contributed by atoms with van der Waals surface area (Å²) in [4.78, 5) is 11.9. The number of amidine groups is 1. The average Bonchev–Trinajstić information content (AvgIpc) is 2.63. The summed E-state index contributed by atoms with van der Waals surface area (Å²) in [6, 6.07) is 6.30. The lowest BCUT2D eigenvalue weighted by atomic mass is 10.0. The minimum atomic E-state index is -3.67. The van der Waals surface area contributed by atoms with Crippen LogP contribution in [0.3, 0.4) is 0 Å². The molecule has 1 aliphatic heterocycles. The van der Waals surface area contributed by atoms with Gasteiger partial charge in [0.05, 0.1) is 11.2 Å². The second-order valence-corrected chi connectivity index (χ2v) is 8.75. The van der Waals surface area contributed by atoms with Gasteiger partial charge in [0.2, 0.25) is 0 Å². The number of amides is 1. The van der Waals surface area contributed by atoms with Crippen molar-refractivity contribution in [2.24, 2.45) is 5.92 Å². The quantitative estimate of drug-likeness (QED) is 0.514. The number of benzene rings is 1. The van der Waals surface area contributed by atoms with E-state index >= 15 is 0 Å². The van der Waals surface area contributed by atoms with Crippen LogP contribution < -0.4 is 5.32 Å². The molecule has 1 amide bonds. The SMILES string of the molecule is CC1C(=N)NC(=O)C1=Cc1ccc(S(C)(=O)=O)cc1.CS(=O)(=O)O. The minimum absolute atomic E-state index is 0.184. The zero-order valence-corrected chi connectivity index (χ0v) is 14.9. The summed E-state index contributed by atoms with van der Waals surface area (Å²) >= 11 is 0. The van der Waals surface area contributed by atoms with E-state index in [0.717, 1.165) is 11.8 Å². The van der Waals surface area contributed by atoms with Gasteiger partial charge in [-0.1, -0.05) is 19.1 Å². The van der Waals surface area contributed by atoms with Gasteiger partial charge in [-0.3, -0.25) is 14.8 Å². The molecule has 0 saturated carbocycles. The van der Waals surface area contributed by atoms with Gasteiger partial charge in [-0.2, -0.15) is 8.42 Å². The maximum Gasteiger partial charge on any atom is 0.261 e. The van der Waals surface area contributed by atoms with E-state index in [1.54, 1.807) is 25.1 Å². The lowest BCUT2D eigenvalue weighted by Gasteiger charge is -2.02. The third kappa shape index (κ3) is 6.22. The highest BCUT2D eigenvalue weighted by molar-refractivity contribution is 7.90. The first-order chi connectivity index (χ1) is 10.8. The van der Waals surface area contributed by atoms with E-state index in [-0.39, 0.29) is 22.6 Å². The van der Waals surface area contributed by atoms with E-state index in [0.29, 0.717) is 11.8 Å². The van der Waals surface area contributed by atoms with Crippen molar-refractivity contribution in [3.05, 3.63) is 35.4 Å². The standard InChI is InChI=1S/C13H14N2O3S.CH4O3S/c1-8-11(13(16)15-12(8)14)7-9-3-5-10(6-4-9)19(2,17)18;1-5(2,3)4/h3-8H,1-2H3,(H2,14,15,16);1H3,(H,2,3,4). The van der Waals surface area contributed by atoms with E-state index in [4.69, 9.17) is 9.96 Å². The third-order valence-corrected chi connectivity index (χ3v) is 4.17. The molecule has 1 saturated heterocycles. The Hall–Kier alpha value is -2.04. The van der Waals surface area contributed by atoms with Crippen LogP contribution >= 0.6 is 0 Å². The van der Waals surface area contributed by atoms with Crippen molar-refractivity contribution in [3.8, 4) is 0 Å². The first kappa shape index (κ1) is 20.0. The van der Waals surface area contributed by atoms with Crippen molar-refractivity contribution >= 4 is 37.8 Å². The number of sulfone groups is 1. The lowest BCUT2D eigenvalue weighted by Crippen LogP contribution is -2.20. The Morgan fingerprint density at radius 1 is 1.12 bits per heavy atom. The molecule has 10 heteroatoms. The lowest BCUT2D eigenvalue weighted by molar-refractivity contribution is -0.115. The summed E-state index contributed by atoms with van der Waals surface area (Å²) in [5.41, 5.74) is 1.25. The normalized spacial score (nSPS) is 19.7. The molecule has 1 aromatic carbocycles. The van der Waals surface area contributed by atoms with Gasteiger partial charge in [-0.15, -0.1) is 0 Å². The van der Waals surface area contributed by atoms with Crippen molar-refractivity contribution in [3.63, 3.8) is 0 Å². The average molecular weight is 374 g/mol. The number of rotatable bonds is 2. The Morgan fingerprint density at radius 3 is 1.92 bits per heavy atom. The number of nitrogens with one attached hydrogen (secondary N) is 2. The van der Waals surface area contributed by atoms with Gasteiger partial charge in [-0.05, 0) is 23.8 Å². The zero-order chi connectivity index (χ0) is 18.7. The van der Waals surface area contributed by atoms with Gasteiger partial charge in [0, 0.05) is 17.7 Å². The summed E-state index contributed by atoms with van der Waals surface area (Å²) in [5.74, 6) is -0.351. The molecular formula is C14H18N2O6S2. The van der Waals surface area contributed by atoms with Crippen LogP contribution in [0.4, 0.5) is 0 Å². The summed E-state index contributed by atoms with van der Waals surface area (Å²) in [5, 5.41) is 10.00. The largest absolute Gasteiger partial charge is 0.310 e. The fourth-order valence-electron chi connectivity index (χ4n) is 1.84. The maximum atomic E-state index is 11.6. The molecule has 0 radical (unpaired) electrons. The highest BCUT2D eigenvalue weighted by Gasteiger charge is 2.29. The molecule has 2 rings (SSSR count). The van der Waals surface area contributed by atoms with E-state index in [9.17, 15) is 21.6 Å². The number of hydrogen-bond acceptors (Lipinski definition) is 6. The van der Waals surface area contributed by atoms with Crippen molar-refractivity contribution in [1.82, 2.24) is 5.32 Å². The van der Waals surface area contributed by atoms with Gasteiger partial charge in [0.1, 0.15) is 5.84 Å². The molecule has 1 aliphatic rings. The van der Waals surface area contributed by atoms with Gasteiger partial charge in [0.15, 0.2) is 9.84 Å². The highest BCUT2D eigenvalue weighted by atomic mass is 32.2. The van der Waals surface area contributed by atoms with Crippen LogP contribution in [0.15, 0.2) is 34.7 Å². The summed E-state index contributed by atoms with van der Waals surface area (Å²) in [6.45, 7) is 1.77. The number of carbonyl (C=O) groups is 1.